The Morgan fingerprint density at radius 2 is 2.07 bits per heavy atom. The zero-order valence-electron chi connectivity index (χ0n) is 16.4. The van der Waals surface area contributed by atoms with E-state index in [1.165, 1.54) is 16.9 Å². The van der Waals surface area contributed by atoms with E-state index in [9.17, 15) is 9.59 Å². The minimum Gasteiger partial charge on any atom is -0.463 e. The highest BCUT2D eigenvalue weighted by Gasteiger charge is 2.35. The van der Waals surface area contributed by atoms with Crippen LogP contribution in [0.1, 0.15) is 35.7 Å². The Morgan fingerprint density at radius 3 is 2.79 bits per heavy atom. The summed E-state index contributed by atoms with van der Waals surface area (Å²) in [5.74, 6) is 0.0839. The summed E-state index contributed by atoms with van der Waals surface area (Å²) in [6.07, 6.45) is 1.06. The van der Waals surface area contributed by atoms with Crippen LogP contribution >= 0.6 is 11.3 Å². The molecule has 2 aliphatic rings. The van der Waals surface area contributed by atoms with Crippen LogP contribution in [0.2, 0.25) is 0 Å². The molecule has 0 bridgehead atoms. The molecule has 0 unspecified atom stereocenters. The fraction of sp³-hybridized carbons (Fsp3) is 0.364. The lowest BCUT2D eigenvalue weighted by Gasteiger charge is -2.30. The number of thiophene rings is 1. The van der Waals surface area contributed by atoms with Crippen molar-refractivity contribution in [3.8, 4) is 0 Å². The van der Waals surface area contributed by atoms with Gasteiger partial charge in [-0.25, -0.2) is 9.59 Å². The summed E-state index contributed by atoms with van der Waals surface area (Å²) in [5.41, 5.74) is 2.47. The van der Waals surface area contributed by atoms with Gasteiger partial charge in [0.05, 0.1) is 18.2 Å². The lowest BCUT2D eigenvalue weighted by Crippen LogP contribution is -2.48. The van der Waals surface area contributed by atoms with E-state index in [2.05, 4.69) is 39.8 Å². The molecule has 7 heteroatoms. The number of hydrogen-bond donors (Lipinski definition) is 2. The second-order valence-electron chi connectivity index (χ2n) is 7.29. The first-order valence-electron chi connectivity index (χ1n) is 9.94. The number of hydrogen-bond acceptors (Lipinski definition) is 5. The molecule has 2 atom stereocenters. The van der Waals surface area contributed by atoms with Crippen LogP contribution in [-0.4, -0.2) is 43.1 Å². The number of likely N-dealkylation sites (tertiary alicyclic amines) is 1. The summed E-state index contributed by atoms with van der Waals surface area (Å²) < 4.78 is 5.33. The highest BCUT2D eigenvalue weighted by Crippen LogP contribution is 2.32. The molecule has 29 heavy (non-hydrogen) atoms. The van der Waals surface area contributed by atoms with E-state index in [4.69, 9.17) is 4.74 Å². The van der Waals surface area contributed by atoms with E-state index in [0.29, 0.717) is 30.3 Å². The standard InChI is InChI=1S/C22H25N3O3S/c1-2-28-21(26)19-17(23-22(27)24-20(19)18-9-6-12-29-18)14-25-11-10-16(13-25)15-7-4-3-5-8-15/h3-9,12,16,20H,2,10-11,13-14H2,1H3,(H2,23,24,27)/t16-,20-/m0/s1. The van der Waals surface area contributed by atoms with Crippen molar-refractivity contribution in [2.75, 3.05) is 26.2 Å². The molecule has 2 N–H and O–H groups in total. The van der Waals surface area contributed by atoms with Gasteiger partial charge in [0.2, 0.25) is 0 Å². The molecule has 1 aromatic heterocycles. The predicted octanol–water partition coefficient (Wildman–Crippen LogP) is 3.41. The van der Waals surface area contributed by atoms with Crippen LogP contribution in [0.3, 0.4) is 0 Å². The Kier molecular flexibility index (Phi) is 5.97. The van der Waals surface area contributed by atoms with E-state index in [0.717, 1.165) is 24.4 Å². The van der Waals surface area contributed by atoms with Crippen LogP contribution in [0.25, 0.3) is 0 Å². The van der Waals surface area contributed by atoms with E-state index in [-0.39, 0.29) is 12.0 Å². The van der Waals surface area contributed by atoms with Gasteiger partial charge >= 0.3 is 12.0 Å². The molecule has 152 valence electrons. The summed E-state index contributed by atoms with van der Waals surface area (Å²) >= 11 is 1.52. The van der Waals surface area contributed by atoms with Gasteiger partial charge in [-0.2, -0.15) is 0 Å². The molecule has 2 aromatic rings. The summed E-state index contributed by atoms with van der Waals surface area (Å²) in [5, 5.41) is 7.69. The third-order valence-electron chi connectivity index (χ3n) is 5.40. The molecule has 0 spiro atoms. The summed E-state index contributed by atoms with van der Waals surface area (Å²) in [6.45, 7) is 4.42. The molecule has 2 amide bonds. The van der Waals surface area contributed by atoms with E-state index in [1.807, 2.05) is 23.6 Å². The molecule has 1 fully saturated rings. The number of nitrogens with one attached hydrogen (secondary N) is 2. The minimum absolute atomic E-state index is 0.287. The lowest BCUT2D eigenvalue weighted by molar-refractivity contribution is -0.139. The average Bonchev–Trinajstić information content (AvgIpc) is 3.41. The first-order valence-corrected chi connectivity index (χ1v) is 10.8. The number of rotatable bonds is 6. The molecule has 0 aliphatic carbocycles. The SMILES string of the molecule is CCOC(=O)C1=C(CN2CC[C@H](c3ccccc3)C2)NC(=O)N[C@H]1c1cccs1. The first kappa shape index (κ1) is 19.7. The number of amides is 2. The van der Waals surface area contributed by atoms with Crippen molar-refractivity contribution >= 4 is 23.3 Å². The third kappa shape index (κ3) is 4.36. The number of esters is 1. The van der Waals surface area contributed by atoms with Gasteiger partial charge in [0.1, 0.15) is 0 Å². The second kappa shape index (κ2) is 8.80. The quantitative estimate of drug-likeness (QED) is 0.715. The number of carbonyl (C=O) groups is 2. The Balaban J connectivity index is 1.59. The molecule has 6 nitrogen and oxygen atoms in total. The molecule has 4 rings (SSSR count). The van der Waals surface area contributed by atoms with Crippen molar-refractivity contribution < 1.29 is 14.3 Å². The number of ether oxygens (including phenoxy) is 1. The highest BCUT2D eigenvalue weighted by molar-refractivity contribution is 7.10. The maximum atomic E-state index is 12.8. The Hall–Kier alpha value is -2.64. The van der Waals surface area contributed by atoms with Crippen LogP contribution in [0.4, 0.5) is 4.79 Å². The van der Waals surface area contributed by atoms with Gasteiger partial charge in [-0.15, -0.1) is 11.3 Å². The van der Waals surface area contributed by atoms with Crippen LogP contribution in [0, 0.1) is 0 Å². The number of urea groups is 1. The van der Waals surface area contributed by atoms with Crippen molar-refractivity contribution in [3.05, 3.63) is 69.6 Å². The summed E-state index contributed by atoms with van der Waals surface area (Å²) in [7, 11) is 0. The second-order valence-corrected chi connectivity index (χ2v) is 8.27. The smallest absolute Gasteiger partial charge is 0.338 e. The van der Waals surface area contributed by atoms with Crippen LogP contribution in [0.5, 0.6) is 0 Å². The summed E-state index contributed by atoms with van der Waals surface area (Å²) in [4.78, 5) is 28.4. The minimum atomic E-state index is -0.481. The first-order chi connectivity index (χ1) is 14.2. The predicted molar refractivity (Wildman–Crippen MR) is 113 cm³/mol. The van der Waals surface area contributed by atoms with Gasteiger partial charge in [0.25, 0.3) is 0 Å². The molecule has 1 saturated heterocycles. The van der Waals surface area contributed by atoms with Gasteiger partial charge in [0.15, 0.2) is 0 Å². The Labute approximate surface area is 174 Å². The normalized spacial score (nSPS) is 22.3. The topological polar surface area (TPSA) is 70.7 Å². The Bertz CT molecular complexity index is 895. The van der Waals surface area contributed by atoms with Gasteiger partial charge in [-0.1, -0.05) is 36.4 Å². The molecule has 0 saturated carbocycles. The molecular formula is C22H25N3O3S. The zero-order valence-corrected chi connectivity index (χ0v) is 17.2. The number of carbonyl (C=O) groups excluding carboxylic acids is 2. The van der Waals surface area contributed by atoms with E-state index < -0.39 is 6.04 Å². The van der Waals surface area contributed by atoms with Gasteiger partial charge < -0.3 is 15.4 Å². The van der Waals surface area contributed by atoms with Crippen molar-refractivity contribution in [2.45, 2.75) is 25.3 Å². The molecule has 1 aromatic carbocycles. The Morgan fingerprint density at radius 1 is 1.24 bits per heavy atom. The maximum Gasteiger partial charge on any atom is 0.338 e. The molecule has 3 heterocycles. The number of benzene rings is 1. The summed E-state index contributed by atoms with van der Waals surface area (Å²) in [6, 6.07) is 13.6. The monoisotopic (exact) mass is 411 g/mol. The molecular weight excluding hydrogens is 386 g/mol. The van der Waals surface area contributed by atoms with Gasteiger partial charge in [-0.3, -0.25) is 4.90 Å². The third-order valence-corrected chi connectivity index (χ3v) is 6.34. The van der Waals surface area contributed by atoms with Gasteiger partial charge in [-0.05, 0) is 42.8 Å². The van der Waals surface area contributed by atoms with Crippen molar-refractivity contribution in [3.63, 3.8) is 0 Å². The largest absolute Gasteiger partial charge is 0.463 e. The maximum absolute atomic E-state index is 12.8. The fourth-order valence-electron chi connectivity index (χ4n) is 4.06. The van der Waals surface area contributed by atoms with Crippen LogP contribution in [-0.2, 0) is 9.53 Å². The number of nitrogens with zero attached hydrogens (tertiary/aromatic N) is 1. The fourth-order valence-corrected chi connectivity index (χ4v) is 4.84. The van der Waals surface area contributed by atoms with Crippen molar-refractivity contribution in [1.29, 1.82) is 0 Å². The van der Waals surface area contributed by atoms with Crippen molar-refractivity contribution in [1.82, 2.24) is 15.5 Å². The molecule has 2 aliphatic heterocycles. The highest BCUT2D eigenvalue weighted by atomic mass is 32.1. The van der Waals surface area contributed by atoms with Crippen molar-refractivity contribution in [2.24, 2.45) is 0 Å². The van der Waals surface area contributed by atoms with Gasteiger partial charge in [0, 0.05) is 23.7 Å². The average molecular weight is 412 g/mol. The lowest BCUT2D eigenvalue weighted by atomic mass is 9.98. The van der Waals surface area contributed by atoms with E-state index >= 15 is 0 Å². The van der Waals surface area contributed by atoms with E-state index in [1.54, 1.807) is 6.92 Å². The van der Waals surface area contributed by atoms with Crippen LogP contribution in [0.15, 0.2) is 59.1 Å². The van der Waals surface area contributed by atoms with Crippen LogP contribution < -0.4 is 10.6 Å². The zero-order chi connectivity index (χ0) is 20.2. The molecule has 0 radical (unpaired) electrons.